The van der Waals surface area contributed by atoms with Crippen LogP contribution in [0.4, 0.5) is 0 Å². The first-order valence-corrected chi connectivity index (χ1v) is 12.8. The number of aryl methyl sites for hydroxylation is 5. The Labute approximate surface area is 237 Å². The van der Waals surface area contributed by atoms with Crippen LogP contribution in [0.3, 0.4) is 0 Å². The lowest BCUT2D eigenvalue weighted by molar-refractivity contribution is 0.466. The molecule has 0 saturated heterocycles. The molecule has 0 aliphatic carbocycles. The summed E-state index contributed by atoms with van der Waals surface area (Å²) < 4.78 is 0. The average molecular weight is 541 g/mol. The van der Waals surface area contributed by atoms with Crippen molar-refractivity contribution in [2.75, 3.05) is 0 Å². The molecule has 5 aromatic rings. The SMILES string of the molecule is Cc1cccc(C)c1O.Cc1cccc(C)c1O.Cc1ccccc1O.Oc1ccccc1.Oc1ccccc1. The van der Waals surface area contributed by atoms with Gasteiger partial charge >= 0.3 is 0 Å². The van der Waals surface area contributed by atoms with Crippen LogP contribution >= 0.6 is 0 Å². The summed E-state index contributed by atoms with van der Waals surface area (Å²) >= 11 is 0. The molecule has 0 saturated carbocycles. The highest BCUT2D eigenvalue weighted by molar-refractivity contribution is 5.38. The number of phenolic OH excluding ortho intramolecular Hbond substituents is 5. The first-order chi connectivity index (χ1) is 19.0. The highest BCUT2D eigenvalue weighted by atomic mass is 16.3. The van der Waals surface area contributed by atoms with Gasteiger partial charge in [0.2, 0.25) is 0 Å². The fourth-order valence-corrected chi connectivity index (χ4v) is 3.03. The third-order valence-electron chi connectivity index (χ3n) is 5.51. The first-order valence-electron chi connectivity index (χ1n) is 12.8. The van der Waals surface area contributed by atoms with Gasteiger partial charge in [0.05, 0.1) is 0 Å². The van der Waals surface area contributed by atoms with Gasteiger partial charge in [-0.2, -0.15) is 0 Å². The van der Waals surface area contributed by atoms with E-state index in [1.165, 1.54) is 0 Å². The third-order valence-corrected chi connectivity index (χ3v) is 5.51. The zero-order valence-electron chi connectivity index (χ0n) is 23.8. The van der Waals surface area contributed by atoms with E-state index < -0.39 is 0 Å². The summed E-state index contributed by atoms with van der Waals surface area (Å²) in [4.78, 5) is 0. The number of para-hydroxylation sites is 5. The predicted octanol–water partition coefficient (Wildman–Crippen LogP) is 8.50. The maximum Gasteiger partial charge on any atom is 0.121 e. The Kier molecular flexibility index (Phi) is 15.2. The molecule has 0 unspecified atom stereocenters. The Bertz CT molecular complexity index is 1240. The minimum absolute atomic E-state index is 0.322. The number of aromatic hydroxyl groups is 5. The summed E-state index contributed by atoms with van der Waals surface area (Å²) in [5.41, 5.74) is 4.68. The van der Waals surface area contributed by atoms with Crippen LogP contribution in [0.5, 0.6) is 28.7 Å². The number of benzene rings is 5. The Morgan fingerprint density at radius 2 is 0.575 bits per heavy atom. The van der Waals surface area contributed by atoms with Crippen molar-refractivity contribution >= 4 is 0 Å². The number of phenols is 5. The highest BCUT2D eigenvalue weighted by Crippen LogP contribution is 2.20. The molecule has 0 aliphatic heterocycles. The van der Waals surface area contributed by atoms with Crippen molar-refractivity contribution in [1.82, 2.24) is 0 Å². The molecule has 0 aliphatic rings. The third kappa shape index (κ3) is 13.6. The molecule has 0 aromatic heterocycles. The van der Waals surface area contributed by atoms with Gasteiger partial charge in [-0.25, -0.2) is 0 Å². The van der Waals surface area contributed by atoms with E-state index in [1.807, 2.05) is 101 Å². The van der Waals surface area contributed by atoms with Gasteiger partial charge in [0, 0.05) is 0 Å². The van der Waals surface area contributed by atoms with Crippen LogP contribution in [0.25, 0.3) is 0 Å². The monoisotopic (exact) mass is 540 g/mol. The van der Waals surface area contributed by atoms with Gasteiger partial charge in [0.15, 0.2) is 0 Å². The van der Waals surface area contributed by atoms with Crippen molar-refractivity contribution in [2.45, 2.75) is 34.6 Å². The molecule has 210 valence electrons. The molecule has 0 bridgehead atoms. The first kappa shape index (κ1) is 33.1. The van der Waals surface area contributed by atoms with E-state index >= 15 is 0 Å². The summed E-state index contributed by atoms with van der Waals surface area (Å²) in [5, 5.41) is 44.6. The maximum atomic E-state index is 9.21. The van der Waals surface area contributed by atoms with E-state index in [-0.39, 0.29) is 0 Å². The van der Waals surface area contributed by atoms with Gasteiger partial charge in [-0.3, -0.25) is 0 Å². The molecular weight excluding hydrogens is 500 g/mol. The molecule has 5 heteroatoms. The van der Waals surface area contributed by atoms with Gasteiger partial charge in [-0.1, -0.05) is 91.0 Å². The van der Waals surface area contributed by atoms with E-state index in [9.17, 15) is 10.2 Å². The van der Waals surface area contributed by atoms with Crippen LogP contribution in [0.2, 0.25) is 0 Å². The zero-order chi connectivity index (χ0) is 29.9. The van der Waals surface area contributed by atoms with Crippen molar-refractivity contribution < 1.29 is 25.5 Å². The van der Waals surface area contributed by atoms with E-state index in [2.05, 4.69) is 0 Å². The van der Waals surface area contributed by atoms with Crippen molar-refractivity contribution in [3.63, 3.8) is 0 Å². The minimum Gasteiger partial charge on any atom is -0.508 e. The fraction of sp³-hybridized carbons (Fsp3) is 0.143. The van der Waals surface area contributed by atoms with Crippen molar-refractivity contribution in [3.8, 4) is 28.7 Å². The molecule has 5 N–H and O–H groups in total. The van der Waals surface area contributed by atoms with Gasteiger partial charge in [-0.05, 0) is 92.8 Å². The van der Waals surface area contributed by atoms with Gasteiger partial charge in [0.1, 0.15) is 28.7 Å². The summed E-state index contributed by atoms with van der Waals surface area (Å²) in [5.74, 6) is 1.84. The molecule has 5 nitrogen and oxygen atoms in total. The lowest BCUT2D eigenvalue weighted by Gasteiger charge is -1.99. The van der Waals surface area contributed by atoms with E-state index in [0.29, 0.717) is 28.7 Å². The smallest absolute Gasteiger partial charge is 0.121 e. The molecule has 0 atom stereocenters. The number of hydrogen-bond donors (Lipinski definition) is 5. The second-order valence-corrected chi connectivity index (χ2v) is 8.94. The highest BCUT2D eigenvalue weighted by Gasteiger charge is 1.96. The van der Waals surface area contributed by atoms with E-state index in [4.69, 9.17) is 15.3 Å². The topological polar surface area (TPSA) is 101 Å². The molecular formula is C35H40O5. The largest absolute Gasteiger partial charge is 0.508 e. The summed E-state index contributed by atoms with van der Waals surface area (Å²) in [6, 6.07) is 36.1. The second kappa shape index (κ2) is 18.4. The fourth-order valence-electron chi connectivity index (χ4n) is 3.03. The molecule has 5 aromatic carbocycles. The van der Waals surface area contributed by atoms with Crippen LogP contribution < -0.4 is 0 Å². The molecule has 0 amide bonds. The summed E-state index contributed by atoms with van der Waals surface area (Å²) in [6.45, 7) is 9.44. The normalized spacial score (nSPS) is 9.12. The van der Waals surface area contributed by atoms with Crippen LogP contribution in [0.15, 0.2) is 121 Å². The van der Waals surface area contributed by atoms with Crippen molar-refractivity contribution in [1.29, 1.82) is 0 Å². The molecule has 0 radical (unpaired) electrons. The Balaban J connectivity index is 0.000000251. The lowest BCUT2D eigenvalue weighted by Crippen LogP contribution is -1.76. The Morgan fingerprint density at radius 1 is 0.300 bits per heavy atom. The lowest BCUT2D eigenvalue weighted by atomic mass is 10.1. The summed E-state index contributed by atoms with van der Waals surface area (Å²) in [7, 11) is 0. The Morgan fingerprint density at radius 3 is 0.775 bits per heavy atom. The summed E-state index contributed by atoms with van der Waals surface area (Å²) in [6.07, 6.45) is 0. The number of hydrogen-bond acceptors (Lipinski definition) is 5. The average Bonchev–Trinajstić information content (AvgIpc) is 2.94. The van der Waals surface area contributed by atoms with E-state index in [1.54, 1.807) is 54.6 Å². The molecule has 0 spiro atoms. The number of rotatable bonds is 0. The Hall–Kier alpha value is -4.90. The van der Waals surface area contributed by atoms with Gasteiger partial charge < -0.3 is 25.5 Å². The zero-order valence-corrected chi connectivity index (χ0v) is 23.8. The van der Waals surface area contributed by atoms with Crippen LogP contribution in [0, 0.1) is 34.6 Å². The standard InChI is InChI=1S/2C8H10O.C7H8O.2C6H6O/c2*1-6-4-3-5-7(2)8(6)9;1-6-4-2-3-5-7(6)8;2*7-6-4-2-1-3-5-6/h2*3-5,9H,1-2H3;2-5,8H,1H3;2*1-5,7H. The van der Waals surface area contributed by atoms with Gasteiger partial charge in [-0.15, -0.1) is 0 Å². The van der Waals surface area contributed by atoms with Crippen LogP contribution in [-0.4, -0.2) is 25.5 Å². The maximum absolute atomic E-state index is 9.21. The quantitative estimate of drug-likeness (QED) is 0.136. The molecule has 0 fully saturated rings. The molecule has 5 rings (SSSR count). The van der Waals surface area contributed by atoms with E-state index in [0.717, 1.165) is 27.8 Å². The molecule has 40 heavy (non-hydrogen) atoms. The van der Waals surface area contributed by atoms with Crippen LogP contribution in [-0.2, 0) is 0 Å². The van der Waals surface area contributed by atoms with Crippen molar-refractivity contribution in [2.24, 2.45) is 0 Å². The van der Waals surface area contributed by atoms with Crippen LogP contribution in [0.1, 0.15) is 27.8 Å². The van der Waals surface area contributed by atoms with Gasteiger partial charge in [0.25, 0.3) is 0 Å². The molecule has 0 heterocycles. The second-order valence-electron chi connectivity index (χ2n) is 8.94. The minimum atomic E-state index is 0.322. The van der Waals surface area contributed by atoms with Crippen molar-refractivity contribution in [3.05, 3.63) is 149 Å². The predicted molar refractivity (Wildman–Crippen MR) is 164 cm³/mol.